The summed E-state index contributed by atoms with van der Waals surface area (Å²) < 4.78 is 44.2. The molecule has 158 valence electrons. The number of amides is 1. The minimum absolute atomic E-state index is 0.188. The summed E-state index contributed by atoms with van der Waals surface area (Å²) in [5.74, 6) is 0.118. The molecule has 1 aliphatic rings. The maximum atomic E-state index is 12.3. The number of nitrogens with zero attached hydrogens (tertiary/aromatic N) is 3. The number of carbonyl (C=O) groups is 1. The molecule has 1 N–H and O–H groups in total. The lowest BCUT2D eigenvalue weighted by Crippen LogP contribution is -2.33. The van der Waals surface area contributed by atoms with E-state index < -0.39 is 18.6 Å². The van der Waals surface area contributed by atoms with Gasteiger partial charge in [-0.3, -0.25) is 4.79 Å². The third-order valence-electron chi connectivity index (χ3n) is 4.97. The lowest BCUT2D eigenvalue weighted by Gasteiger charge is -2.06. The summed E-state index contributed by atoms with van der Waals surface area (Å²) in [7, 11) is 0. The minimum atomic E-state index is -4.45. The van der Waals surface area contributed by atoms with Gasteiger partial charge < -0.3 is 10.1 Å². The first-order valence-electron chi connectivity index (χ1n) is 9.41. The number of nitrogens with one attached hydrogen (secondary N) is 1. The van der Waals surface area contributed by atoms with Crippen LogP contribution in [0.1, 0.15) is 15.2 Å². The number of hydrogen-bond acceptors (Lipinski definition) is 5. The molecule has 0 unspecified atom stereocenters. The number of hydrogen-bond donors (Lipinski definition) is 1. The first-order chi connectivity index (χ1) is 14.9. The second-order valence-electron chi connectivity index (χ2n) is 7.09. The van der Waals surface area contributed by atoms with Gasteiger partial charge in [-0.25, -0.2) is 9.50 Å². The van der Waals surface area contributed by atoms with Crippen molar-refractivity contribution in [1.29, 1.82) is 0 Å². The number of benzene rings is 1. The molecule has 1 amide bonds. The van der Waals surface area contributed by atoms with E-state index >= 15 is 0 Å². The van der Waals surface area contributed by atoms with Crippen LogP contribution in [-0.2, 0) is 6.42 Å². The number of aromatic nitrogens is 3. The van der Waals surface area contributed by atoms with Gasteiger partial charge in [0.25, 0.3) is 5.91 Å². The van der Waals surface area contributed by atoms with Gasteiger partial charge in [-0.2, -0.15) is 18.3 Å². The lowest BCUT2D eigenvalue weighted by atomic mass is 10.1. The molecule has 1 aromatic carbocycles. The highest BCUT2D eigenvalue weighted by Crippen LogP contribution is 2.32. The molecule has 31 heavy (non-hydrogen) atoms. The van der Waals surface area contributed by atoms with Crippen molar-refractivity contribution >= 4 is 22.9 Å². The summed E-state index contributed by atoms with van der Waals surface area (Å²) >= 11 is 1.07. The molecule has 1 aliphatic heterocycles. The van der Waals surface area contributed by atoms with E-state index in [0.717, 1.165) is 34.6 Å². The highest BCUT2D eigenvalue weighted by Gasteiger charge is 2.28. The molecular formula is C21H15F3N4O2S. The molecule has 0 radical (unpaired) electrons. The Morgan fingerprint density at radius 2 is 2.06 bits per heavy atom. The second kappa shape index (κ2) is 7.38. The standard InChI is InChI=1S/C21H15F3N4O2S/c22-21(23,24)11-26-20(29)18-6-14(10-31-18)16-8-27-28-9-15(7-25-19(16)28)13-2-1-12-3-4-30-17(12)5-13/h1-2,5-10H,3-4,11H2,(H,26,29). The summed E-state index contributed by atoms with van der Waals surface area (Å²) in [6.07, 6.45) is 1.67. The summed E-state index contributed by atoms with van der Waals surface area (Å²) in [5.41, 5.74) is 4.97. The molecule has 5 rings (SSSR count). The van der Waals surface area contributed by atoms with Crippen molar-refractivity contribution in [3.63, 3.8) is 0 Å². The van der Waals surface area contributed by atoms with Crippen molar-refractivity contribution in [2.24, 2.45) is 0 Å². The normalized spacial score (nSPS) is 13.3. The van der Waals surface area contributed by atoms with Crippen molar-refractivity contribution in [3.8, 4) is 28.0 Å². The van der Waals surface area contributed by atoms with E-state index in [1.165, 1.54) is 5.56 Å². The molecular weight excluding hydrogens is 429 g/mol. The Morgan fingerprint density at radius 1 is 1.19 bits per heavy atom. The van der Waals surface area contributed by atoms with Crippen molar-refractivity contribution in [2.75, 3.05) is 13.2 Å². The average molecular weight is 444 g/mol. The topological polar surface area (TPSA) is 68.5 Å². The average Bonchev–Trinajstić information content (AvgIpc) is 3.48. The fourth-order valence-electron chi connectivity index (χ4n) is 3.44. The summed E-state index contributed by atoms with van der Waals surface area (Å²) in [4.78, 5) is 16.7. The molecule has 6 nitrogen and oxygen atoms in total. The molecule has 4 aromatic rings. The minimum Gasteiger partial charge on any atom is -0.493 e. The van der Waals surface area contributed by atoms with E-state index in [9.17, 15) is 18.0 Å². The summed E-state index contributed by atoms with van der Waals surface area (Å²) in [6.45, 7) is -0.677. The van der Waals surface area contributed by atoms with Crippen LogP contribution < -0.4 is 10.1 Å². The fourth-order valence-corrected chi connectivity index (χ4v) is 4.26. The number of fused-ring (bicyclic) bond motifs is 2. The van der Waals surface area contributed by atoms with Crippen LogP contribution in [0.5, 0.6) is 5.75 Å². The van der Waals surface area contributed by atoms with E-state index in [2.05, 4.69) is 10.1 Å². The van der Waals surface area contributed by atoms with Gasteiger partial charge in [-0.15, -0.1) is 11.3 Å². The van der Waals surface area contributed by atoms with Gasteiger partial charge in [-0.1, -0.05) is 12.1 Å². The fraction of sp³-hybridized carbons (Fsp3) is 0.190. The van der Waals surface area contributed by atoms with Crippen molar-refractivity contribution < 1.29 is 22.7 Å². The Hall–Kier alpha value is -3.40. The molecule has 0 aliphatic carbocycles. The van der Waals surface area contributed by atoms with Crippen LogP contribution in [-0.4, -0.2) is 39.8 Å². The van der Waals surface area contributed by atoms with Gasteiger partial charge in [0.2, 0.25) is 0 Å². The highest BCUT2D eigenvalue weighted by atomic mass is 32.1. The molecule has 0 spiro atoms. The van der Waals surface area contributed by atoms with E-state index in [0.29, 0.717) is 23.4 Å². The molecule has 10 heteroatoms. The van der Waals surface area contributed by atoms with Crippen LogP contribution in [0.25, 0.3) is 27.9 Å². The zero-order valence-corrected chi connectivity index (χ0v) is 16.8. The second-order valence-corrected chi connectivity index (χ2v) is 8.00. The van der Waals surface area contributed by atoms with Crippen LogP contribution in [0.4, 0.5) is 13.2 Å². The predicted molar refractivity (Wildman–Crippen MR) is 109 cm³/mol. The van der Waals surface area contributed by atoms with E-state index in [-0.39, 0.29) is 4.88 Å². The van der Waals surface area contributed by atoms with Gasteiger partial charge in [0.05, 0.1) is 17.7 Å². The third kappa shape index (κ3) is 3.86. The quantitative estimate of drug-likeness (QED) is 0.508. The summed E-state index contributed by atoms with van der Waals surface area (Å²) in [5, 5.41) is 7.93. The van der Waals surface area contributed by atoms with Crippen molar-refractivity contribution in [2.45, 2.75) is 12.6 Å². The maximum Gasteiger partial charge on any atom is 0.405 e. The Kier molecular flexibility index (Phi) is 4.66. The van der Waals surface area contributed by atoms with Gasteiger partial charge in [0, 0.05) is 29.9 Å². The predicted octanol–water partition coefficient (Wildman–Crippen LogP) is 4.35. The molecule has 0 bridgehead atoms. The van der Waals surface area contributed by atoms with Crippen LogP contribution in [0.3, 0.4) is 0 Å². The Morgan fingerprint density at radius 3 is 2.90 bits per heavy atom. The van der Waals surface area contributed by atoms with Crippen molar-refractivity contribution in [3.05, 3.63) is 58.7 Å². The van der Waals surface area contributed by atoms with Gasteiger partial charge in [0.15, 0.2) is 5.65 Å². The number of thiophene rings is 1. The molecule has 3 aromatic heterocycles. The van der Waals surface area contributed by atoms with Gasteiger partial charge >= 0.3 is 6.18 Å². The van der Waals surface area contributed by atoms with Crippen LogP contribution >= 0.6 is 11.3 Å². The number of alkyl halides is 3. The van der Waals surface area contributed by atoms with E-state index in [1.54, 1.807) is 28.4 Å². The Bertz CT molecular complexity index is 1300. The Balaban J connectivity index is 1.41. The SMILES string of the molecule is O=C(NCC(F)(F)F)c1cc(-c2cnn3cc(-c4ccc5c(c4)OCC5)cnc23)cs1. The third-order valence-corrected chi connectivity index (χ3v) is 5.90. The molecule has 0 saturated carbocycles. The number of halogens is 3. The van der Waals surface area contributed by atoms with Gasteiger partial charge in [0.1, 0.15) is 12.3 Å². The van der Waals surface area contributed by atoms with E-state index in [1.807, 2.05) is 29.7 Å². The molecule has 0 fully saturated rings. The monoisotopic (exact) mass is 444 g/mol. The number of carbonyl (C=O) groups excluding carboxylic acids is 1. The van der Waals surface area contributed by atoms with Crippen molar-refractivity contribution in [1.82, 2.24) is 19.9 Å². The Labute approximate surface area is 178 Å². The smallest absolute Gasteiger partial charge is 0.405 e. The van der Waals surface area contributed by atoms with Crippen LogP contribution in [0, 0.1) is 0 Å². The molecule has 0 atom stereocenters. The zero-order chi connectivity index (χ0) is 21.6. The first kappa shape index (κ1) is 19.6. The molecule has 4 heterocycles. The van der Waals surface area contributed by atoms with E-state index in [4.69, 9.17) is 4.74 Å². The largest absolute Gasteiger partial charge is 0.493 e. The van der Waals surface area contributed by atoms with Crippen LogP contribution in [0.2, 0.25) is 0 Å². The van der Waals surface area contributed by atoms with Crippen LogP contribution in [0.15, 0.2) is 48.2 Å². The zero-order valence-electron chi connectivity index (χ0n) is 15.9. The molecule has 0 saturated heterocycles. The number of rotatable bonds is 4. The van der Waals surface area contributed by atoms with Gasteiger partial charge in [-0.05, 0) is 34.2 Å². The first-order valence-corrected chi connectivity index (χ1v) is 10.3. The summed E-state index contributed by atoms with van der Waals surface area (Å²) in [6, 6.07) is 7.60. The lowest BCUT2D eigenvalue weighted by molar-refractivity contribution is -0.123. The highest BCUT2D eigenvalue weighted by molar-refractivity contribution is 7.12. The maximum absolute atomic E-state index is 12.3. The number of ether oxygens (including phenoxy) is 1.